The van der Waals surface area contributed by atoms with Gasteiger partial charge in [0.05, 0.1) is 6.20 Å². The van der Waals surface area contributed by atoms with E-state index < -0.39 is 0 Å². The van der Waals surface area contributed by atoms with Crippen LogP contribution >= 0.6 is 11.6 Å². The fourth-order valence-corrected chi connectivity index (χ4v) is 3.59. The summed E-state index contributed by atoms with van der Waals surface area (Å²) in [5.41, 5.74) is 7.75. The van der Waals surface area contributed by atoms with Gasteiger partial charge in [0, 0.05) is 41.6 Å². The van der Waals surface area contributed by atoms with E-state index in [2.05, 4.69) is 30.8 Å². The lowest BCUT2D eigenvalue weighted by Gasteiger charge is -2.24. The molecule has 30 heavy (non-hydrogen) atoms. The van der Waals surface area contributed by atoms with Crippen molar-refractivity contribution in [3.05, 3.63) is 52.9 Å². The maximum absolute atomic E-state index is 13.2. The number of nitrogens with two attached hydrogens (primary N) is 1. The minimum atomic E-state index is -0.186. The number of likely N-dealkylation sites (tertiary alicyclic amines) is 1. The van der Waals surface area contributed by atoms with Gasteiger partial charge in [-0.2, -0.15) is 5.10 Å². The second kappa shape index (κ2) is 8.68. The van der Waals surface area contributed by atoms with Crippen molar-refractivity contribution in [1.29, 1.82) is 0 Å². The second-order valence-electron chi connectivity index (χ2n) is 7.18. The van der Waals surface area contributed by atoms with Crippen LogP contribution in [0, 0.1) is 6.92 Å². The molecule has 0 radical (unpaired) electrons. The number of aromatic amines is 1. The highest BCUT2D eigenvalue weighted by Gasteiger charge is 2.31. The Balaban J connectivity index is 1.66. The molecule has 1 aliphatic rings. The molecule has 0 spiro atoms. The van der Waals surface area contributed by atoms with Crippen molar-refractivity contribution in [1.82, 2.24) is 25.1 Å². The fourth-order valence-electron chi connectivity index (χ4n) is 3.46. The summed E-state index contributed by atoms with van der Waals surface area (Å²) in [5.74, 6) is 1.24. The zero-order chi connectivity index (χ0) is 21.1. The topological polar surface area (TPSA) is 125 Å². The van der Waals surface area contributed by atoms with E-state index in [4.69, 9.17) is 17.3 Å². The Morgan fingerprint density at radius 1 is 1.30 bits per heavy atom. The third kappa shape index (κ3) is 4.37. The van der Waals surface area contributed by atoms with Gasteiger partial charge in [0.15, 0.2) is 23.1 Å². The number of halogens is 1. The summed E-state index contributed by atoms with van der Waals surface area (Å²) in [5, 5.41) is 13.9. The van der Waals surface area contributed by atoms with Gasteiger partial charge in [-0.3, -0.25) is 9.89 Å². The van der Waals surface area contributed by atoms with Gasteiger partial charge in [0.25, 0.3) is 5.91 Å². The van der Waals surface area contributed by atoms with Crippen LogP contribution in [0.1, 0.15) is 29.0 Å². The molecule has 0 bridgehead atoms. The molecule has 1 aliphatic heterocycles. The molecule has 0 aliphatic carbocycles. The molecule has 2 aromatic heterocycles. The van der Waals surface area contributed by atoms with E-state index in [1.807, 2.05) is 25.1 Å². The van der Waals surface area contributed by atoms with Crippen LogP contribution in [0.5, 0.6) is 0 Å². The molecule has 1 aromatic carbocycles. The van der Waals surface area contributed by atoms with Crippen LogP contribution in [0.25, 0.3) is 0 Å². The maximum atomic E-state index is 13.2. The third-order valence-electron chi connectivity index (χ3n) is 4.95. The Labute approximate surface area is 179 Å². The smallest absolute Gasteiger partial charge is 0.276 e. The molecule has 3 aromatic rings. The van der Waals surface area contributed by atoms with E-state index in [1.165, 1.54) is 6.20 Å². The summed E-state index contributed by atoms with van der Waals surface area (Å²) in [4.78, 5) is 24.0. The number of carbonyl (C=O) groups is 1. The van der Waals surface area contributed by atoms with Crippen LogP contribution in [0.15, 0.2) is 36.5 Å². The summed E-state index contributed by atoms with van der Waals surface area (Å²) >= 11 is 5.98. The summed E-state index contributed by atoms with van der Waals surface area (Å²) in [6, 6.07) is 9.02. The molecule has 0 unspecified atom stereocenters. The number of H-pyrrole nitrogens is 1. The van der Waals surface area contributed by atoms with E-state index in [1.54, 1.807) is 17.0 Å². The normalized spacial score (nSPS) is 16.0. The number of carbonyl (C=O) groups excluding carboxylic acids is 1. The van der Waals surface area contributed by atoms with Crippen molar-refractivity contribution >= 4 is 40.6 Å². The van der Waals surface area contributed by atoms with Crippen molar-refractivity contribution < 1.29 is 4.79 Å². The minimum Gasteiger partial charge on any atom is -0.338 e. The Morgan fingerprint density at radius 3 is 2.80 bits per heavy atom. The Hall–Kier alpha value is -3.17. The van der Waals surface area contributed by atoms with Gasteiger partial charge >= 0.3 is 0 Å². The van der Waals surface area contributed by atoms with E-state index >= 15 is 0 Å². The lowest BCUT2D eigenvalue weighted by atomic mass is 10.2. The van der Waals surface area contributed by atoms with Gasteiger partial charge in [-0.1, -0.05) is 11.6 Å². The molecule has 10 heteroatoms. The van der Waals surface area contributed by atoms with Crippen molar-refractivity contribution in [2.75, 3.05) is 23.7 Å². The molecule has 1 amide bonds. The Kier molecular flexibility index (Phi) is 5.82. The van der Waals surface area contributed by atoms with Crippen LogP contribution < -0.4 is 16.4 Å². The first-order valence-electron chi connectivity index (χ1n) is 9.73. The largest absolute Gasteiger partial charge is 0.338 e. The molecule has 5 N–H and O–H groups in total. The molecular formula is C20H23ClN8O. The fraction of sp³-hybridized carbons (Fsp3) is 0.300. The van der Waals surface area contributed by atoms with Crippen molar-refractivity contribution in [2.45, 2.75) is 25.8 Å². The average Bonchev–Trinajstić information content (AvgIpc) is 3.38. The van der Waals surface area contributed by atoms with Crippen LogP contribution in [0.3, 0.4) is 0 Å². The van der Waals surface area contributed by atoms with Gasteiger partial charge in [-0.15, -0.1) is 0 Å². The zero-order valence-corrected chi connectivity index (χ0v) is 17.3. The number of amides is 1. The summed E-state index contributed by atoms with van der Waals surface area (Å²) < 4.78 is 0. The summed E-state index contributed by atoms with van der Waals surface area (Å²) in [6.45, 7) is 3.00. The maximum Gasteiger partial charge on any atom is 0.276 e. The zero-order valence-electron chi connectivity index (χ0n) is 16.5. The molecule has 1 saturated heterocycles. The van der Waals surface area contributed by atoms with Crippen LogP contribution in [0.4, 0.5) is 23.1 Å². The van der Waals surface area contributed by atoms with Gasteiger partial charge in [-0.05, 0) is 44.0 Å². The Bertz CT molecular complexity index is 1040. The highest BCUT2D eigenvalue weighted by atomic mass is 35.5. The number of aryl methyl sites for hydroxylation is 1. The van der Waals surface area contributed by atoms with E-state index in [0.29, 0.717) is 35.6 Å². The molecule has 9 nitrogen and oxygen atoms in total. The molecule has 0 saturated carbocycles. The monoisotopic (exact) mass is 426 g/mol. The first kappa shape index (κ1) is 20.1. The predicted molar refractivity (Wildman–Crippen MR) is 116 cm³/mol. The molecule has 4 rings (SSSR count). The van der Waals surface area contributed by atoms with Crippen molar-refractivity contribution in [3.63, 3.8) is 0 Å². The van der Waals surface area contributed by atoms with Gasteiger partial charge in [0.2, 0.25) is 0 Å². The molecule has 1 atom stereocenters. The highest BCUT2D eigenvalue weighted by molar-refractivity contribution is 6.30. The van der Waals surface area contributed by atoms with Crippen molar-refractivity contribution in [2.24, 2.45) is 5.73 Å². The van der Waals surface area contributed by atoms with Crippen LogP contribution in [0.2, 0.25) is 5.02 Å². The number of nitrogens with one attached hydrogen (secondary N) is 3. The molecular weight excluding hydrogens is 404 g/mol. The third-order valence-corrected chi connectivity index (χ3v) is 5.21. The number of hydrogen-bond donors (Lipinski definition) is 4. The lowest BCUT2D eigenvalue weighted by molar-refractivity contribution is 0.0736. The van der Waals surface area contributed by atoms with Gasteiger partial charge in [-0.25, -0.2) is 9.97 Å². The van der Waals surface area contributed by atoms with Gasteiger partial charge in [0.1, 0.15) is 0 Å². The summed E-state index contributed by atoms with van der Waals surface area (Å²) in [6.07, 6.45) is 3.35. The Morgan fingerprint density at radius 2 is 2.10 bits per heavy atom. The summed E-state index contributed by atoms with van der Waals surface area (Å²) in [7, 11) is 0. The number of hydrogen-bond acceptors (Lipinski definition) is 7. The number of aromatic nitrogens is 4. The van der Waals surface area contributed by atoms with Crippen LogP contribution in [-0.4, -0.2) is 50.1 Å². The second-order valence-corrected chi connectivity index (χ2v) is 7.61. The van der Waals surface area contributed by atoms with Crippen molar-refractivity contribution in [3.8, 4) is 0 Å². The van der Waals surface area contributed by atoms with E-state index in [0.717, 1.165) is 24.2 Å². The van der Waals surface area contributed by atoms with Crippen LogP contribution in [-0.2, 0) is 0 Å². The number of rotatable bonds is 6. The van der Waals surface area contributed by atoms with E-state index in [-0.39, 0.29) is 17.6 Å². The van der Waals surface area contributed by atoms with E-state index in [9.17, 15) is 4.79 Å². The average molecular weight is 427 g/mol. The first-order valence-corrected chi connectivity index (χ1v) is 10.1. The molecule has 1 fully saturated rings. The van der Waals surface area contributed by atoms with Gasteiger partial charge < -0.3 is 21.3 Å². The molecule has 3 heterocycles. The number of benzene rings is 1. The highest BCUT2D eigenvalue weighted by Crippen LogP contribution is 2.26. The lowest BCUT2D eigenvalue weighted by Crippen LogP contribution is -2.40. The SMILES string of the molecule is Cc1cc(Nc2cnc(C(=O)N3CCC[C@@H]3CN)c(Nc3ccc(Cl)cc3)n2)n[nH]1. The predicted octanol–water partition coefficient (Wildman–Crippen LogP) is 3.21. The molecule has 156 valence electrons. The quantitative estimate of drug-likeness (QED) is 0.476. The number of anilines is 4. The number of nitrogens with zero attached hydrogens (tertiary/aromatic N) is 4. The standard InChI is InChI=1S/C20H23ClN8O/c1-12-9-16(28-27-12)25-17-11-23-18(20(30)29-8-2-3-15(29)10-22)19(26-17)24-14-6-4-13(21)5-7-14/h4-7,9,11,15H,2-3,8,10,22H2,1H3,(H3,24,25,26,27,28)/t15-/m1/s1. The minimum absolute atomic E-state index is 0.0208. The first-order chi connectivity index (χ1) is 14.5.